The lowest BCUT2D eigenvalue weighted by molar-refractivity contribution is -1.29. The van der Waals surface area contributed by atoms with E-state index in [0.717, 1.165) is 22.5 Å². The predicted molar refractivity (Wildman–Crippen MR) is 169 cm³/mol. The first-order valence-electron chi connectivity index (χ1n) is 14.5. The fraction of sp³-hybridized carbons (Fsp3) is 0.154. The number of nitrogens with zero attached hydrogens (tertiary/aromatic N) is 3. The molecule has 2 heterocycles. The third-order valence-corrected chi connectivity index (χ3v) is 8.94. The van der Waals surface area contributed by atoms with E-state index in [-0.39, 0.29) is 5.41 Å². The zero-order chi connectivity index (χ0) is 29.2. The second kappa shape index (κ2) is 9.50. The minimum atomic E-state index is -0.195. The molecule has 6 aromatic rings. The Morgan fingerprint density at radius 1 is 0.619 bits per heavy atom. The molecule has 0 aliphatic heterocycles. The molecule has 42 heavy (non-hydrogen) atoms. The molecule has 0 N–H and O–H groups in total. The molecule has 0 unspecified atom stereocenters. The highest BCUT2D eigenvalue weighted by Crippen LogP contribution is 2.54. The molecule has 202 valence electrons. The molecule has 7 rings (SSSR count). The molecular formula is C39H33N3+2. The van der Waals surface area contributed by atoms with Crippen LogP contribution < -0.4 is 9.35 Å². The standard InChI is InChI=1S/C39H33N3/c1-25-19-21-42(35(22-25)33-23-28(24-40)15-13-26(33)2)41-20-9-8-12-34(41)36-27(3)14-17-32-31-18-16-29-10-6-7-11-30(29)37(31)39(4,5)38(32)36/h6-23H,1-5H3/q+2. The molecule has 0 amide bonds. The second-order valence-electron chi connectivity index (χ2n) is 12.0. The molecule has 0 atom stereocenters. The number of hydrogen-bond acceptors (Lipinski definition) is 1. The summed E-state index contributed by atoms with van der Waals surface area (Å²) in [6.07, 6.45) is 4.28. The van der Waals surface area contributed by atoms with Crippen LogP contribution in [0.4, 0.5) is 0 Å². The zero-order valence-electron chi connectivity index (χ0n) is 24.7. The highest BCUT2D eigenvalue weighted by atomic mass is 15.4. The van der Waals surface area contributed by atoms with Gasteiger partial charge in [-0.1, -0.05) is 68.4 Å². The van der Waals surface area contributed by atoms with Crippen LogP contribution in [0.2, 0.25) is 0 Å². The maximum Gasteiger partial charge on any atom is 0.284 e. The number of hydrogen-bond donors (Lipinski definition) is 0. The van der Waals surface area contributed by atoms with E-state index in [9.17, 15) is 5.26 Å². The van der Waals surface area contributed by atoms with Crippen molar-refractivity contribution in [1.82, 2.24) is 0 Å². The van der Waals surface area contributed by atoms with Crippen molar-refractivity contribution in [2.75, 3.05) is 0 Å². The lowest BCUT2D eigenvalue weighted by Crippen LogP contribution is -2.68. The SMILES string of the molecule is Cc1cc[n+](-[n+]2ccccc2-c2c(C)ccc3c2C(C)(C)c2c-3ccc3ccccc23)c(-c2cc(C#N)ccc2C)c1. The molecule has 0 fully saturated rings. The van der Waals surface area contributed by atoms with Gasteiger partial charge >= 0.3 is 0 Å². The van der Waals surface area contributed by atoms with Gasteiger partial charge in [0.2, 0.25) is 12.4 Å². The fourth-order valence-electron chi connectivity index (χ4n) is 6.98. The third kappa shape index (κ3) is 3.80. The van der Waals surface area contributed by atoms with Gasteiger partial charge in [0, 0.05) is 29.7 Å². The number of aryl methyl sites for hydroxylation is 3. The number of nitriles is 1. The Balaban J connectivity index is 1.52. The predicted octanol–water partition coefficient (Wildman–Crippen LogP) is 8.16. The van der Waals surface area contributed by atoms with Crippen LogP contribution in [0, 0.1) is 32.1 Å². The van der Waals surface area contributed by atoms with E-state index < -0.39 is 0 Å². The van der Waals surface area contributed by atoms with Gasteiger partial charge in [-0.2, -0.15) is 5.26 Å². The molecule has 0 spiro atoms. The summed E-state index contributed by atoms with van der Waals surface area (Å²) in [5, 5.41) is 12.3. The van der Waals surface area contributed by atoms with Crippen LogP contribution in [0.15, 0.2) is 109 Å². The van der Waals surface area contributed by atoms with E-state index in [2.05, 4.69) is 141 Å². The van der Waals surface area contributed by atoms with Gasteiger partial charge in [0.05, 0.1) is 32.1 Å². The molecule has 3 nitrogen and oxygen atoms in total. The maximum atomic E-state index is 9.68. The Kier molecular flexibility index (Phi) is 5.85. The summed E-state index contributed by atoms with van der Waals surface area (Å²) in [6, 6.07) is 37.0. The van der Waals surface area contributed by atoms with E-state index >= 15 is 0 Å². The van der Waals surface area contributed by atoms with Gasteiger partial charge in [-0.05, 0) is 88.7 Å². The molecular weight excluding hydrogens is 510 g/mol. The van der Waals surface area contributed by atoms with Crippen LogP contribution >= 0.6 is 0 Å². The fourth-order valence-corrected chi connectivity index (χ4v) is 6.98. The average molecular weight is 544 g/mol. The van der Waals surface area contributed by atoms with Crippen LogP contribution in [0.1, 0.15) is 47.2 Å². The van der Waals surface area contributed by atoms with E-state index in [1.807, 2.05) is 18.2 Å². The van der Waals surface area contributed by atoms with Crippen molar-refractivity contribution in [2.24, 2.45) is 0 Å². The zero-order valence-corrected chi connectivity index (χ0v) is 24.7. The Labute approximate surface area is 247 Å². The van der Waals surface area contributed by atoms with Crippen LogP contribution in [0.25, 0.3) is 44.4 Å². The lowest BCUT2D eigenvalue weighted by atomic mass is 9.77. The summed E-state index contributed by atoms with van der Waals surface area (Å²) >= 11 is 0. The Bertz CT molecular complexity index is 2110. The molecule has 2 aromatic heterocycles. The summed E-state index contributed by atoms with van der Waals surface area (Å²) in [6.45, 7) is 11.2. The average Bonchev–Trinajstić information content (AvgIpc) is 3.24. The Hall–Kier alpha value is -5.07. The minimum absolute atomic E-state index is 0.195. The first kappa shape index (κ1) is 25.9. The molecule has 0 bridgehead atoms. The highest BCUT2D eigenvalue weighted by Gasteiger charge is 2.42. The molecule has 4 aromatic carbocycles. The van der Waals surface area contributed by atoms with Crippen LogP contribution in [-0.2, 0) is 5.41 Å². The summed E-state index contributed by atoms with van der Waals surface area (Å²) in [5.41, 5.74) is 13.9. The number of fused-ring (bicyclic) bond motifs is 5. The van der Waals surface area contributed by atoms with Crippen LogP contribution in [-0.4, -0.2) is 0 Å². The van der Waals surface area contributed by atoms with Crippen molar-refractivity contribution in [3.8, 4) is 39.7 Å². The number of rotatable bonds is 3. The van der Waals surface area contributed by atoms with Crippen LogP contribution in [0.3, 0.4) is 0 Å². The largest absolute Gasteiger partial charge is 0.284 e. The Morgan fingerprint density at radius 3 is 2.17 bits per heavy atom. The van der Waals surface area contributed by atoms with Crippen molar-refractivity contribution in [2.45, 2.75) is 40.0 Å². The first-order chi connectivity index (χ1) is 20.3. The number of benzene rings is 4. The normalized spacial score (nSPS) is 13.0. The van der Waals surface area contributed by atoms with Gasteiger partial charge < -0.3 is 0 Å². The number of pyridine rings is 2. The summed E-state index contributed by atoms with van der Waals surface area (Å²) in [7, 11) is 0. The van der Waals surface area contributed by atoms with Crippen molar-refractivity contribution in [3.05, 3.63) is 143 Å². The molecule has 1 aliphatic rings. The topological polar surface area (TPSA) is 31.5 Å². The van der Waals surface area contributed by atoms with Crippen molar-refractivity contribution in [1.29, 1.82) is 5.26 Å². The molecule has 3 heteroatoms. The minimum Gasteiger partial charge on any atom is -0.192 e. The van der Waals surface area contributed by atoms with Gasteiger partial charge in [0.15, 0.2) is 0 Å². The van der Waals surface area contributed by atoms with E-state index in [1.165, 1.54) is 49.7 Å². The monoisotopic (exact) mass is 543 g/mol. The number of aromatic nitrogens is 2. The van der Waals surface area contributed by atoms with Crippen LogP contribution in [0.5, 0.6) is 0 Å². The second-order valence-corrected chi connectivity index (χ2v) is 12.0. The first-order valence-corrected chi connectivity index (χ1v) is 14.5. The third-order valence-electron chi connectivity index (χ3n) is 8.94. The van der Waals surface area contributed by atoms with Crippen molar-refractivity contribution < 1.29 is 9.35 Å². The highest BCUT2D eigenvalue weighted by molar-refractivity contribution is 5.99. The van der Waals surface area contributed by atoms with Gasteiger partial charge in [0.25, 0.3) is 11.4 Å². The Morgan fingerprint density at radius 2 is 1.33 bits per heavy atom. The van der Waals surface area contributed by atoms with Crippen molar-refractivity contribution in [3.63, 3.8) is 0 Å². The summed E-state index contributed by atoms with van der Waals surface area (Å²) < 4.78 is 4.47. The summed E-state index contributed by atoms with van der Waals surface area (Å²) in [5.74, 6) is 0. The molecule has 1 aliphatic carbocycles. The van der Waals surface area contributed by atoms with Crippen molar-refractivity contribution >= 4 is 10.8 Å². The smallest absolute Gasteiger partial charge is 0.192 e. The lowest BCUT2D eigenvalue weighted by Gasteiger charge is -2.25. The maximum absolute atomic E-state index is 9.68. The van der Waals surface area contributed by atoms with Gasteiger partial charge in [-0.3, -0.25) is 0 Å². The van der Waals surface area contributed by atoms with Gasteiger partial charge in [-0.25, -0.2) is 0 Å². The van der Waals surface area contributed by atoms with E-state index in [0.29, 0.717) is 5.56 Å². The summed E-state index contributed by atoms with van der Waals surface area (Å²) in [4.78, 5) is 0. The quantitative estimate of drug-likeness (QED) is 0.207. The molecule has 0 saturated carbocycles. The van der Waals surface area contributed by atoms with Gasteiger partial charge in [-0.15, -0.1) is 0 Å². The molecule has 0 saturated heterocycles. The molecule has 0 radical (unpaired) electrons. The van der Waals surface area contributed by atoms with Gasteiger partial charge in [0.1, 0.15) is 0 Å². The van der Waals surface area contributed by atoms with E-state index in [1.54, 1.807) is 0 Å². The van der Waals surface area contributed by atoms with E-state index in [4.69, 9.17) is 0 Å².